The third-order valence-corrected chi connectivity index (χ3v) is 7.59. The number of nitrogens with zero attached hydrogens (tertiary/aromatic N) is 2. The average molecular weight is 489 g/mol. The first-order chi connectivity index (χ1) is 15.7. The first-order valence-electron chi connectivity index (χ1n) is 11.0. The van der Waals surface area contributed by atoms with E-state index in [9.17, 15) is 8.42 Å². The van der Waals surface area contributed by atoms with Crippen molar-refractivity contribution in [3.8, 4) is 5.75 Å². The zero-order valence-corrected chi connectivity index (χ0v) is 20.4. The summed E-state index contributed by atoms with van der Waals surface area (Å²) < 4.78 is 35.3. The summed E-state index contributed by atoms with van der Waals surface area (Å²) >= 11 is 6.20. The van der Waals surface area contributed by atoms with Gasteiger partial charge in [0.15, 0.2) is 5.03 Å². The molecule has 0 spiro atoms. The quantitative estimate of drug-likeness (QED) is 0.474. The van der Waals surface area contributed by atoms with E-state index in [1.807, 2.05) is 30.3 Å². The highest BCUT2D eigenvalue weighted by atomic mass is 35.5. The number of fused-ring (bicyclic) bond motifs is 1. The Hall–Kier alpha value is -2.39. The Labute approximate surface area is 200 Å². The normalized spacial score (nSPS) is 15.9. The van der Waals surface area contributed by atoms with Crippen LogP contribution in [0.2, 0.25) is 5.02 Å². The van der Waals surface area contributed by atoms with Gasteiger partial charge in [0, 0.05) is 42.8 Å². The second kappa shape index (κ2) is 9.85. The van der Waals surface area contributed by atoms with Gasteiger partial charge in [0.2, 0.25) is 0 Å². The topological polar surface area (TPSA) is 99.2 Å². The van der Waals surface area contributed by atoms with Crippen LogP contribution in [0.4, 0.5) is 0 Å². The largest absolute Gasteiger partial charge is 0.492 e. The van der Waals surface area contributed by atoms with E-state index in [2.05, 4.69) is 15.8 Å². The Morgan fingerprint density at radius 1 is 1.30 bits per heavy atom. The fraction of sp³-hybridized carbons (Fsp3) is 0.375. The standard InChI is InChI=1S/C24H29ClN4O3S/c1-16-28-24(15-29(16)2)33(30,31)27-10-11-32-23-9-7-18-6-8-20(26)14-21(18)22(23)13-17-4-3-5-19(25)12-17/h3-5,7,9,12,15,20,27H,6,8,10-11,13-14,26H2,1-2H3. The molecule has 4 rings (SSSR count). The van der Waals surface area contributed by atoms with E-state index in [0.717, 1.165) is 36.1 Å². The lowest BCUT2D eigenvalue weighted by molar-refractivity contribution is 0.319. The third-order valence-electron chi connectivity index (χ3n) is 6.02. The molecule has 3 N–H and O–H groups in total. The molecule has 176 valence electrons. The lowest BCUT2D eigenvalue weighted by Gasteiger charge is -2.26. The highest BCUT2D eigenvalue weighted by Crippen LogP contribution is 2.33. The monoisotopic (exact) mass is 488 g/mol. The molecular formula is C24H29ClN4O3S. The number of aryl methyl sites for hydroxylation is 3. The molecule has 1 atom stereocenters. The molecule has 0 saturated heterocycles. The van der Waals surface area contributed by atoms with Crippen molar-refractivity contribution >= 4 is 21.6 Å². The molecule has 33 heavy (non-hydrogen) atoms. The van der Waals surface area contributed by atoms with Gasteiger partial charge in [-0.25, -0.2) is 18.1 Å². The van der Waals surface area contributed by atoms with Crippen molar-refractivity contribution in [2.45, 2.75) is 43.7 Å². The van der Waals surface area contributed by atoms with E-state index in [0.29, 0.717) is 17.3 Å². The Morgan fingerprint density at radius 3 is 2.85 bits per heavy atom. The summed E-state index contributed by atoms with van der Waals surface area (Å²) in [5.41, 5.74) is 11.0. The van der Waals surface area contributed by atoms with Crippen molar-refractivity contribution in [3.63, 3.8) is 0 Å². The lowest BCUT2D eigenvalue weighted by atomic mass is 9.83. The third kappa shape index (κ3) is 5.58. The SMILES string of the molecule is Cc1nc(S(=O)(=O)NCCOc2ccc3c(c2Cc2cccc(Cl)c2)CC(N)CC3)cn1C. The van der Waals surface area contributed by atoms with Crippen LogP contribution < -0.4 is 15.2 Å². The summed E-state index contributed by atoms with van der Waals surface area (Å²) in [5.74, 6) is 1.38. The van der Waals surface area contributed by atoms with Gasteiger partial charge in [-0.05, 0) is 61.1 Å². The number of ether oxygens (including phenoxy) is 1. The summed E-state index contributed by atoms with van der Waals surface area (Å²) in [7, 11) is -1.94. The molecular weight excluding hydrogens is 460 g/mol. The minimum atomic E-state index is -3.69. The zero-order chi connectivity index (χ0) is 23.6. The number of sulfonamides is 1. The molecule has 3 aromatic rings. The number of hydrogen-bond acceptors (Lipinski definition) is 5. The van der Waals surface area contributed by atoms with Crippen LogP contribution in [0, 0.1) is 6.92 Å². The van der Waals surface area contributed by atoms with E-state index in [1.54, 1.807) is 18.5 Å². The highest BCUT2D eigenvalue weighted by molar-refractivity contribution is 7.89. The minimum absolute atomic E-state index is 0.00640. The maximum Gasteiger partial charge on any atom is 0.259 e. The molecule has 1 heterocycles. The summed E-state index contributed by atoms with van der Waals surface area (Å²) in [5, 5.41) is 0.697. The Balaban J connectivity index is 1.50. The summed E-state index contributed by atoms with van der Waals surface area (Å²) in [6.07, 6.45) is 4.88. The molecule has 2 aromatic carbocycles. The number of nitrogens with one attached hydrogen (secondary N) is 1. The fourth-order valence-corrected chi connectivity index (χ4v) is 5.42. The van der Waals surface area contributed by atoms with Crippen LogP contribution in [0.1, 0.15) is 34.5 Å². The van der Waals surface area contributed by atoms with Crippen LogP contribution in [-0.4, -0.2) is 37.2 Å². The second-order valence-electron chi connectivity index (χ2n) is 8.47. The maximum absolute atomic E-state index is 12.5. The number of aromatic nitrogens is 2. The molecule has 1 unspecified atom stereocenters. The number of imidazole rings is 1. The molecule has 9 heteroatoms. The van der Waals surface area contributed by atoms with Gasteiger partial charge in [0.1, 0.15) is 18.2 Å². The van der Waals surface area contributed by atoms with E-state index >= 15 is 0 Å². The first kappa shape index (κ1) is 23.8. The van der Waals surface area contributed by atoms with Gasteiger partial charge in [-0.2, -0.15) is 0 Å². The van der Waals surface area contributed by atoms with E-state index < -0.39 is 10.0 Å². The predicted molar refractivity (Wildman–Crippen MR) is 129 cm³/mol. The van der Waals surface area contributed by atoms with Gasteiger partial charge >= 0.3 is 0 Å². The van der Waals surface area contributed by atoms with Crippen molar-refractivity contribution < 1.29 is 13.2 Å². The van der Waals surface area contributed by atoms with Gasteiger partial charge < -0.3 is 15.0 Å². The molecule has 0 amide bonds. The van der Waals surface area contributed by atoms with Crippen molar-refractivity contribution in [3.05, 3.63) is 75.7 Å². The number of hydrogen-bond donors (Lipinski definition) is 2. The van der Waals surface area contributed by atoms with Crippen LogP contribution in [0.5, 0.6) is 5.75 Å². The molecule has 1 aliphatic carbocycles. The molecule has 0 fully saturated rings. The van der Waals surface area contributed by atoms with Crippen molar-refractivity contribution in [1.82, 2.24) is 14.3 Å². The molecule has 0 aliphatic heterocycles. The molecule has 1 aliphatic rings. The number of benzene rings is 2. The van der Waals surface area contributed by atoms with E-state index in [4.69, 9.17) is 22.1 Å². The van der Waals surface area contributed by atoms with Crippen molar-refractivity contribution in [2.24, 2.45) is 12.8 Å². The summed E-state index contributed by atoms with van der Waals surface area (Å²) in [6.45, 7) is 2.08. The summed E-state index contributed by atoms with van der Waals surface area (Å²) in [6, 6.07) is 12.0. The van der Waals surface area contributed by atoms with Crippen LogP contribution >= 0.6 is 11.6 Å². The second-order valence-corrected chi connectivity index (χ2v) is 10.6. The molecule has 7 nitrogen and oxygen atoms in total. The van der Waals surface area contributed by atoms with Crippen LogP contribution in [0.25, 0.3) is 0 Å². The highest BCUT2D eigenvalue weighted by Gasteiger charge is 2.22. The Kier molecular flexibility index (Phi) is 7.09. The molecule has 0 saturated carbocycles. The van der Waals surface area contributed by atoms with E-state index in [1.165, 1.54) is 17.3 Å². The van der Waals surface area contributed by atoms with Gasteiger partial charge in [-0.1, -0.05) is 29.8 Å². The fourth-order valence-electron chi connectivity index (χ4n) is 4.16. The van der Waals surface area contributed by atoms with Gasteiger partial charge in [0.05, 0.1) is 0 Å². The van der Waals surface area contributed by atoms with Gasteiger partial charge in [-0.3, -0.25) is 0 Å². The average Bonchev–Trinajstić information content (AvgIpc) is 3.12. The van der Waals surface area contributed by atoms with Crippen LogP contribution in [0.3, 0.4) is 0 Å². The number of halogens is 1. The van der Waals surface area contributed by atoms with Crippen molar-refractivity contribution in [2.75, 3.05) is 13.2 Å². The Morgan fingerprint density at radius 2 is 2.12 bits per heavy atom. The smallest absolute Gasteiger partial charge is 0.259 e. The Bertz CT molecular complexity index is 1240. The van der Waals surface area contributed by atoms with Gasteiger partial charge in [-0.15, -0.1) is 0 Å². The molecule has 1 aromatic heterocycles. The van der Waals surface area contributed by atoms with Gasteiger partial charge in [0.25, 0.3) is 10.0 Å². The molecule has 0 bridgehead atoms. The van der Waals surface area contributed by atoms with Crippen LogP contribution in [0.15, 0.2) is 47.6 Å². The van der Waals surface area contributed by atoms with E-state index in [-0.39, 0.29) is 24.2 Å². The van der Waals surface area contributed by atoms with Crippen molar-refractivity contribution in [1.29, 1.82) is 0 Å². The maximum atomic E-state index is 12.5. The predicted octanol–water partition coefficient (Wildman–Crippen LogP) is 3.15. The minimum Gasteiger partial charge on any atom is -0.492 e. The zero-order valence-electron chi connectivity index (χ0n) is 18.8. The number of nitrogens with two attached hydrogens (primary N) is 1. The lowest BCUT2D eigenvalue weighted by Crippen LogP contribution is -2.30. The van der Waals surface area contributed by atoms with Crippen LogP contribution in [-0.2, 0) is 36.3 Å². The molecule has 0 radical (unpaired) electrons. The summed E-state index contributed by atoms with van der Waals surface area (Å²) in [4.78, 5) is 4.09. The number of rotatable bonds is 8. The first-order valence-corrected chi connectivity index (χ1v) is 12.8.